The maximum atomic E-state index is 14.3. The molecule has 1 aromatic carbocycles. The molecule has 0 unspecified atom stereocenters. The van der Waals surface area contributed by atoms with Gasteiger partial charge in [0.05, 0.1) is 54.3 Å². The van der Waals surface area contributed by atoms with E-state index in [1.165, 1.54) is 0 Å². The Kier molecular flexibility index (Phi) is 7.41. The van der Waals surface area contributed by atoms with E-state index in [-0.39, 0.29) is 28.3 Å². The summed E-state index contributed by atoms with van der Waals surface area (Å²) in [6.45, 7) is 12.2. The normalized spacial score (nSPS) is 16.5. The largest absolute Gasteiger partial charge is 0.481 e. The summed E-state index contributed by atoms with van der Waals surface area (Å²) in [5, 5.41) is 7.03. The number of aromatic nitrogens is 7. The van der Waals surface area contributed by atoms with Gasteiger partial charge in [0.15, 0.2) is 5.82 Å². The molecule has 1 N–H and O–H groups in total. The number of ether oxygens (including phenoxy) is 2. The highest BCUT2D eigenvalue weighted by atomic mass is 35.5. The second-order valence-electron chi connectivity index (χ2n) is 10.9. The molecule has 0 spiro atoms. The van der Waals surface area contributed by atoms with Crippen molar-refractivity contribution in [2.75, 3.05) is 13.2 Å². The number of fused-ring (bicyclic) bond motifs is 2. The minimum Gasteiger partial charge on any atom is -0.481 e. The fraction of sp³-hybridized carbons (Fsp3) is 0.333. The predicted octanol–water partition coefficient (Wildman–Crippen LogP) is 5.33. The third kappa shape index (κ3) is 5.47. The zero-order valence-corrected chi connectivity index (χ0v) is 24.4. The van der Waals surface area contributed by atoms with Gasteiger partial charge in [0, 0.05) is 24.7 Å². The number of rotatable bonds is 8. The van der Waals surface area contributed by atoms with E-state index in [2.05, 4.69) is 39.5 Å². The Balaban J connectivity index is 1.14. The van der Waals surface area contributed by atoms with Gasteiger partial charge in [-0.15, -0.1) is 0 Å². The lowest BCUT2D eigenvalue weighted by molar-refractivity contribution is -0.0592. The van der Waals surface area contributed by atoms with E-state index >= 15 is 0 Å². The van der Waals surface area contributed by atoms with Gasteiger partial charge in [0.2, 0.25) is 11.6 Å². The fourth-order valence-corrected chi connectivity index (χ4v) is 5.66. The maximum Gasteiger partial charge on any atom is 0.247 e. The molecular weight excluding hydrogens is 592 g/mol. The Morgan fingerprint density at radius 3 is 2.70 bits per heavy atom. The summed E-state index contributed by atoms with van der Waals surface area (Å²) in [5.74, 6) is 0.473. The third-order valence-corrected chi connectivity index (χ3v) is 8.09. The molecule has 0 radical (unpaired) electrons. The number of hydrogen-bond acceptors (Lipinski definition) is 8. The second kappa shape index (κ2) is 11.5. The number of hydrogen-bond donors (Lipinski definition) is 1. The van der Waals surface area contributed by atoms with Gasteiger partial charge in [-0.1, -0.05) is 11.6 Å². The first kappa shape index (κ1) is 28.3. The average Bonchev–Trinajstić information content (AvgIpc) is 3.56. The van der Waals surface area contributed by atoms with E-state index in [4.69, 9.17) is 32.6 Å². The minimum atomic E-state index is -0.822. The van der Waals surface area contributed by atoms with Crippen molar-refractivity contribution in [2.45, 2.75) is 52.1 Å². The van der Waals surface area contributed by atoms with Gasteiger partial charge in [-0.3, -0.25) is 15.0 Å². The highest BCUT2D eigenvalue weighted by Gasteiger charge is 2.26. The molecule has 2 aliphatic rings. The fourth-order valence-electron chi connectivity index (χ4n) is 5.47. The molecule has 7 rings (SSSR count). The van der Waals surface area contributed by atoms with E-state index in [1.807, 2.05) is 13.0 Å². The lowest BCUT2D eigenvalue weighted by atomic mass is 10.0. The van der Waals surface area contributed by atoms with E-state index in [9.17, 15) is 8.78 Å². The summed E-state index contributed by atoms with van der Waals surface area (Å²) in [6, 6.07) is 5.69. The molecule has 5 aromatic rings. The average molecular weight is 618 g/mol. The topological polar surface area (TPSA) is 111 Å². The van der Waals surface area contributed by atoms with Crippen LogP contribution < -0.4 is 4.74 Å². The van der Waals surface area contributed by atoms with E-state index in [0.29, 0.717) is 43.4 Å². The summed E-state index contributed by atoms with van der Waals surface area (Å²) in [5.41, 5.74) is 3.92. The molecule has 4 aromatic heterocycles. The highest BCUT2D eigenvalue weighted by molar-refractivity contribution is 6.30. The number of halogens is 3. The van der Waals surface area contributed by atoms with Crippen LogP contribution >= 0.6 is 11.6 Å². The lowest BCUT2D eigenvalue weighted by Gasteiger charge is -2.30. The number of benzene rings is 1. The molecule has 1 saturated heterocycles. The molecule has 0 saturated carbocycles. The van der Waals surface area contributed by atoms with Crippen LogP contribution in [0.4, 0.5) is 14.5 Å². The first-order chi connectivity index (χ1) is 21.3. The van der Waals surface area contributed by atoms with Crippen molar-refractivity contribution in [1.29, 1.82) is 0 Å². The van der Waals surface area contributed by atoms with Crippen molar-refractivity contribution in [2.24, 2.45) is 0 Å². The van der Waals surface area contributed by atoms with Crippen molar-refractivity contribution in [1.82, 2.24) is 39.6 Å². The summed E-state index contributed by atoms with van der Waals surface area (Å²) < 4.78 is 42.3. The van der Waals surface area contributed by atoms with Crippen LogP contribution in [-0.2, 0) is 37.4 Å². The number of aromatic amines is 1. The van der Waals surface area contributed by atoms with Crippen LogP contribution in [0.25, 0.3) is 27.4 Å². The molecule has 14 heteroatoms. The molecule has 11 nitrogen and oxygen atoms in total. The van der Waals surface area contributed by atoms with E-state index in [0.717, 1.165) is 59.8 Å². The van der Waals surface area contributed by atoms with Crippen LogP contribution in [0, 0.1) is 25.1 Å². The van der Waals surface area contributed by atoms with Gasteiger partial charge in [0.25, 0.3) is 0 Å². The van der Waals surface area contributed by atoms with Crippen molar-refractivity contribution in [3.8, 4) is 17.4 Å². The summed E-state index contributed by atoms with van der Waals surface area (Å²) in [6.07, 6.45) is 3.58. The quantitative estimate of drug-likeness (QED) is 0.233. The van der Waals surface area contributed by atoms with Gasteiger partial charge >= 0.3 is 0 Å². The summed E-state index contributed by atoms with van der Waals surface area (Å²) in [4.78, 5) is 24.4. The Hall–Kier alpha value is -4.51. The van der Waals surface area contributed by atoms with Gasteiger partial charge in [-0.05, 0) is 49.6 Å². The number of nitrogens with zero attached hydrogens (tertiary/aromatic N) is 8. The van der Waals surface area contributed by atoms with Crippen molar-refractivity contribution < 1.29 is 18.3 Å². The number of nitrogens with one attached hydrogen (secondary N) is 1. The van der Waals surface area contributed by atoms with E-state index < -0.39 is 18.2 Å². The molecular formula is C30H26ClF2N9O2. The Morgan fingerprint density at radius 2 is 2.00 bits per heavy atom. The maximum absolute atomic E-state index is 14.3. The van der Waals surface area contributed by atoms with Crippen LogP contribution in [-0.4, -0.2) is 58.9 Å². The van der Waals surface area contributed by atoms with E-state index in [1.54, 1.807) is 12.3 Å². The van der Waals surface area contributed by atoms with Crippen LogP contribution in [0.2, 0.25) is 5.02 Å². The molecule has 224 valence electrons. The Labute approximate surface area is 255 Å². The van der Waals surface area contributed by atoms with Gasteiger partial charge in [0.1, 0.15) is 35.6 Å². The zero-order chi connectivity index (χ0) is 30.4. The lowest BCUT2D eigenvalue weighted by Crippen LogP contribution is -2.34. The SMILES string of the molecule is [C-]#[N+]c1cc2c(nc1OCc1c(F)cc(Cl)cc1F)CN(Cc1nc3cc(-c4n[nH]c(C)n4)ncc3n1C[C@@H]1CCO1)CC2. The third-order valence-electron chi connectivity index (χ3n) is 7.87. The first-order valence-corrected chi connectivity index (χ1v) is 14.5. The first-order valence-electron chi connectivity index (χ1n) is 14.1. The number of imidazole rings is 1. The molecule has 2 aliphatic heterocycles. The molecule has 1 atom stereocenters. The van der Waals surface area contributed by atoms with Crippen LogP contribution in [0.15, 0.2) is 30.5 Å². The van der Waals surface area contributed by atoms with Crippen molar-refractivity contribution >= 4 is 28.3 Å². The van der Waals surface area contributed by atoms with Gasteiger partial charge in [-0.2, -0.15) is 5.10 Å². The highest BCUT2D eigenvalue weighted by Crippen LogP contribution is 2.33. The zero-order valence-electron chi connectivity index (χ0n) is 23.6. The number of pyridine rings is 2. The molecule has 0 bridgehead atoms. The smallest absolute Gasteiger partial charge is 0.247 e. The number of H-pyrrole nitrogens is 1. The second-order valence-corrected chi connectivity index (χ2v) is 11.3. The van der Waals surface area contributed by atoms with Gasteiger partial charge < -0.3 is 14.0 Å². The van der Waals surface area contributed by atoms with Crippen molar-refractivity contribution in [3.63, 3.8) is 0 Å². The molecule has 0 amide bonds. The van der Waals surface area contributed by atoms with Crippen molar-refractivity contribution in [3.05, 3.63) is 87.0 Å². The van der Waals surface area contributed by atoms with Crippen LogP contribution in [0.3, 0.4) is 0 Å². The molecule has 6 heterocycles. The molecule has 44 heavy (non-hydrogen) atoms. The summed E-state index contributed by atoms with van der Waals surface area (Å²) >= 11 is 5.74. The van der Waals surface area contributed by atoms with Gasteiger partial charge in [-0.25, -0.2) is 28.6 Å². The number of aryl methyl sites for hydroxylation is 1. The van der Waals surface area contributed by atoms with Crippen LogP contribution in [0.5, 0.6) is 5.88 Å². The summed E-state index contributed by atoms with van der Waals surface area (Å²) in [7, 11) is 0. The molecule has 1 fully saturated rings. The van der Waals surface area contributed by atoms with Crippen LogP contribution in [0.1, 0.15) is 34.9 Å². The predicted molar refractivity (Wildman–Crippen MR) is 156 cm³/mol. The monoisotopic (exact) mass is 617 g/mol. The molecule has 0 aliphatic carbocycles. The standard InChI is InChI=1S/C30H26ClF2N9O2/c1-16-36-29(40-39-16)24-10-23-27(11-35-24)42(12-19-4-6-43-19)28(37-23)14-41-5-3-17-7-25(34-2)30(38-26(17)13-41)44-15-20-21(32)8-18(31)9-22(20)33/h7-11,19H,3-6,12-15H2,1H3,(H,36,39,40)/t19-/m0/s1. The minimum absolute atomic E-state index is 0.0320. The Morgan fingerprint density at radius 1 is 1.18 bits per heavy atom. The Bertz CT molecular complexity index is 1910.